The van der Waals surface area contributed by atoms with Crippen LogP contribution in [-0.4, -0.2) is 34.2 Å². The monoisotopic (exact) mass is 404 g/mol. The summed E-state index contributed by atoms with van der Waals surface area (Å²) in [5.41, 5.74) is 4.03. The lowest BCUT2D eigenvalue weighted by Gasteiger charge is -2.20. The van der Waals surface area contributed by atoms with Crippen LogP contribution in [0, 0.1) is 5.92 Å². The lowest BCUT2D eigenvalue weighted by Crippen LogP contribution is -2.33. The molecule has 2 aromatic carbocycles. The number of H-pyrrole nitrogens is 1. The number of fused-ring (bicyclic) bond motifs is 2. The van der Waals surface area contributed by atoms with Crippen molar-refractivity contribution in [1.82, 2.24) is 19.9 Å². The summed E-state index contributed by atoms with van der Waals surface area (Å²) in [5.74, 6) is 0.989. The highest BCUT2D eigenvalue weighted by molar-refractivity contribution is 5.89. The van der Waals surface area contributed by atoms with E-state index >= 15 is 0 Å². The lowest BCUT2D eigenvalue weighted by atomic mass is 10.0. The average molecular weight is 405 g/mol. The number of amides is 1. The van der Waals surface area contributed by atoms with Gasteiger partial charge in [0.25, 0.3) is 0 Å². The molecule has 6 nitrogen and oxygen atoms in total. The van der Waals surface area contributed by atoms with Gasteiger partial charge in [0.05, 0.1) is 30.1 Å². The number of aromatic nitrogens is 3. The van der Waals surface area contributed by atoms with Crippen molar-refractivity contribution in [2.75, 3.05) is 13.7 Å². The molecule has 6 heteroatoms. The first-order valence-corrected chi connectivity index (χ1v) is 10.4. The zero-order valence-corrected chi connectivity index (χ0v) is 17.7. The third-order valence-electron chi connectivity index (χ3n) is 5.44. The van der Waals surface area contributed by atoms with E-state index in [0.29, 0.717) is 13.0 Å². The highest BCUT2D eigenvalue weighted by Gasteiger charge is 2.22. The van der Waals surface area contributed by atoms with E-state index in [1.807, 2.05) is 36.4 Å². The molecule has 2 aromatic heterocycles. The smallest absolute Gasteiger partial charge is 0.225 e. The quantitative estimate of drug-likeness (QED) is 0.462. The molecule has 0 spiro atoms. The van der Waals surface area contributed by atoms with E-state index in [2.05, 4.69) is 47.0 Å². The highest BCUT2D eigenvalue weighted by atomic mass is 16.5. The number of ether oxygens (including phenoxy) is 1. The summed E-state index contributed by atoms with van der Waals surface area (Å²) in [6.07, 6.45) is 2.39. The normalized spacial score (nSPS) is 12.7. The zero-order chi connectivity index (χ0) is 21.1. The number of rotatable bonds is 8. The fourth-order valence-electron chi connectivity index (χ4n) is 3.91. The summed E-state index contributed by atoms with van der Waals surface area (Å²) in [6.45, 7) is 5.57. The maximum Gasteiger partial charge on any atom is 0.225 e. The first kappa shape index (κ1) is 20.2. The van der Waals surface area contributed by atoms with Gasteiger partial charge in [0, 0.05) is 30.8 Å². The van der Waals surface area contributed by atoms with Gasteiger partial charge in [-0.2, -0.15) is 0 Å². The molecular weight excluding hydrogens is 376 g/mol. The second-order valence-corrected chi connectivity index (χ2v) is 7.96. The summed E-state index contributed by atoms with van der Waals surface area (Å²) in [5, 5.41) is 4.30. The van der Waals surface area contributed by atoms with E-state index in [1.165, 1.54) is 0 Å². The van der Waals surface area contributed by atoms with Gasteiger partial charge in [-0.1, -0.05) is 44.2 Å². The first-order valence-electron chi connectivity index (χ1n) is 10.4. The van der Waals surface area contributed by atoms with E-state index in [4.69, 9.17) is 9.72 Å². The Labute approximate surface area is 176 Å². The molecule has 0 radical (unpaired) electrons. The van der Waals surface area contributed by atoms with Gasteiger partial charge in [-0.05, 0) is 29.7 Å². The molecule has 4 aromatic rings. The molecule has 30 heavy (non-hydrogen) atoms. The number of hydrogen-bond acceptors (Lipinski definition) is 3. The lowest BCUT2D eigenvalue weighted by molar-refractivity contribution is -0.121. The number of carbonyl (C=O) groups is 1. The molecule has 0 saturated heterocycles. The van der Waals surface area contributed by atoms with Crippen LogP contribution in [0.3, 0.4) is 0 Å². The van der Waals surface area contributed by atoms with E-state index in [0.717, 1.165) is 39.9 Å². The van der Waals surface area contributed by atoms with Gasteiger partial charge in [-0.3, -0.25) is 4.79 Å². The molecule has 1 atom stereocenters. The predicted octanol–water partition coefficient (Wildman–Crippen LogP) is 4.22. The Balaban J connectivity index is 1.55. The molecule has 0 aliphatic rings. The van der Waals surface area contributed by atoms with Crippen LogP contribution in [0.4, 0.5) is 0 Å². The van der Waals surface area contributed by atoms with E-state index in [-0.39, 0.29) is 17.9 Å². The average Bonchev–Trinajstić information content (AvgIpc) is 3.32. The summed E-state index contributed by atoms with van der Waals surface area (Å²) < 4.78 is 7.38. The number of nitrogens with zero attached hydrogens (tertiary/aromatic N) is 2. The van der Waals surface area contributed by atoms with Crippen molar-refractivity contribution in [2.45, 2.75) is 32.9 Å². The number of carbonyl (C=O) groups excluding carboxylic acids is 1. The molecule has 1 amide bonds. The molecule has 0 bridgehead atoms. The number of hydrogen-bond donors (Lipinski definition) is 2. The third kappa shape index (κ3) is 4.09. The first-order chi connectivity index (χ1) is 14.6. The maximum atomic E-state index is 13.0. The molecule has 2 heterocycles. The number of imidazole rings is 1. The van der Waals surface area contributed by atoms with E-state index in [9.17, 15) is 4.79 Å². The number of aromatic amines is 1. The molecule has 0 saturated carbocycles. The second kappa shape index (κ2) is 8.71. The Morgan fingerprint density at radius 3 is 2.70 bits per heavy atom. The number of para-hydroxylation sites is 3. The minimum atomic E-state index is -0.174. The van der Waals surface area contributed by atoms with Crippen LogP contribution < -0.4 is 5.32 Å². The molecular formula is C24H28N4O2. The van der Waals surface area contributed by atoms with Crippen molar-refractivity contribution in [1.29, 1.82) is 0 Å². The van der Waals surface area contributed by atoms with Crippen LogP contribution in [0.25, 0.3) is 21.9 Å². The number of nitrogens with one attached hydrogen (secondary N) is 2. The van der Waals surface area contributed by atoms with Crippen LogP contribution in [0.2, 0.25) is 0 Å². The maximum absolute atomic E-state index is 13.0. The van der Waals surface area contributed by atoms with Gasteiger partial charge >= 0.3 is 0 Å². The number of benzene rings is 2. The summed E-state index contributed by atoms with van der Waals surface area (Å²) in [7, 11) is 1.70. The molecule has 0 aliphatic heterocycles. The summed E-state index contributed by atoms with van der Waals surface area (Å²) in [4.78, 5) is 21.0. The van der Waals surface area contributed by atoms with Crippen LogP contribution in [-0.2, 0) is 22.5 Å². The van der Waals surface area contributed by atoms with Crippen molar-refractivity contribution < 1.29 is 9.53 Å². The third-order valence-corrected chi connectivity index (χ3v) is 5.44. The standard InChI is InChI=1S/C24H28N4O2/c1-16(2)23(24-25-19-9-5-6-10-20(19)26-24)27-22(29)14-17-15-28(12-13-30-3)21-11-7-4-8-18(17)21/h4-11,15-16,23H,12-14H2,1-3H3,(H,25,26)(H,27,29)/t23-/m1/s1. The van der Waals surface area contributed by atoms with Crippen molar-refractivity contribution >= 4 is 27.8 Å². The van der Waals surface area contributed by atoms with Gasteiger partial charge in [0.15, 0.2) is 0 Å². The van der Waals surface area contributed by atoms with E-state index in [1.54, 1.807) is 7.11 Å². The van der Waals surface area contributed by atoms with Crippen molar-refractivity contribution in [3.05, 3.63) is 66.1 Å². The fraction of sp³-hybridized carbons (Fsp3) is 0.333. The van der Waals surface area contributed by atoms with Gasteiger partial charge in [-0.15, -0.1) is 0 Å². The summed E-state index contributed by atoms with van der Waals surface area (Å²) in [6, 6.07) is 15.9. The van der Waals surface area contributed by atoms with Crippen LogP contribution in [0.1, 0.15) is 31.3 Å². The predicted molar refractivity (Wildman–Crippen MR) is 119 cm³/mol. The van der Waals surface area contributed by atoms with Gasteiger partial charge < -0.3 is 19.6 Å². The van der Waals surface area contributed by atoms with Crippen molar-refractivity contribution in [2.24, 2.45) is 5.92 Å². The minimum absolute atomic E-state index is 0.0104. The Hall–Kier alpha value is -3.12. The Bertz CT molecular complexity index is 1130. The molecule has 4 rings (SSSR count). The Morgan fingerprint density at radius 2 is 1.93 bits per heavy atom. The Kier molecular flexibility index (Phi) is 5.86. The SMILES string of the molecule is COCCn1cc(CC(=O)N[C@@H](c2nc3ccccc3[nH]2)C(C)C)c2ccccc21. The van der Waals surface area contributed by atoms with Crippen LogP contribution in [0.5, 0.6) is 0 Å². The fourth-order valence-corrected chi connectivity index (χ4v) is 3.91. The van der Waals surface area contributed by atoms with Crippen molar-refractivity contribution in [3.8, 4) is 0 Å². The molecule has 0 unspecified atom stereocenters. The Morgan fingerprint density at radius 1 is 1.17 bits per heavy atom. The van der Waals surface area contributed by atoms with Gasteiger partial charge in [-0.25, -0.2) is 4.98 Å². The van der Waals surface area contributed by atoms with Gasteiger partial charge in [0.1, 0.15) is 5.82 Å². The number of methoxy groups -OCH3 is 1. The molecule has 2 N–H and O–H groups in total. The minimum Gasteiger partial charge on any atom is -0.383 e. The zero-order valence-electron chi connectivity index (χ0n) is 17.7. The van der Waals surface area contributed by atoms with Gasteiger partial charge in [0.2, 0.25) is 5.91 Å². The van der Waals surface area contributed by atoms with Crippen molar-refractivity contribution in [3.63, 3.8) is 0 Å². The molecule has 0 fully saturated rings. The largest absolute Gasteiger partial charge is 0.383 e. The van der Waals surface area contributed by atoms with Crippen LogP contribution >= 0.6 is 0 Å². The highest BCUT2D eigenvalue weighted by Crippen LogP contribution is 2.24. The topological polar surface area (TPSA) is 71.9 Å². The van der Waals surface area contributed by atoms with E-state index < -0.39 is 0 Å². The molecule has 0 aliphatic carbocycles. The summed E-state index contributed by atoms with van der Waals surface area (Å²) >= 11 is 0. The second-order valence-electron chi connectivity index (χ2n) is 7.96. The van der Waals surface area contributed by atoms with Crippen LogP contribution in [0.15, 0.2) is 54.7 Å². The molecule has 156 valence electrons.